The zero-order valence-electron chi connectivity index (χ0n) is 15.1. The van der Waals surface area contributed by atoms with E-state index in [0.29, 0.717) is 12.6 Å². The molecule has 128 valence electrons. The minimum absolute atomic E-state index is 0.494. The van der Waals surface area contributed by atoms with Crippen LogP contribution >= 0.6 is 0 Å². The molecule has 0 aliphatic carbocycles. The first-order valence-electron chi connectivity index (χ1n) is 8.39. The molecule has 0 unspecified atom stereocenters. The molecule has 0 fully saturated rings. The summed E-state index contributed by atoms with van der Waals surface area (Å²) in [6, 6.07) is 17.0. The molecule has 0 saturated heterocycles. The molecular formula is C21H29N3. The molecule has 0 spiro atoms. The first kappa shape index (κ1) is 19.9. The summed E-state index contributed by atoms with van der Waals surface area (Å²) in [5.41, 5.74) is 2.51. The number of hydrogen-bond acceptors (Lipinski definition) is 3. The van der Waals surface area contributed by atoms with E-state index in [0.717, 1.165) is 25.1 Å². The smallest absolute Gasteiger partial charge is 0.0598 e. The highest BCUT2D eigenvalue weighted by Gasteiger charge is 2.07. The summed E-state index contributed by atoms with van der Waals surface area (Å²) in [6.07, 6.45) is 9.16. The van der Waals surface area contributed by atoms with Crippen molar-refractivity contribution < 1.29 is 0 Å². The van der Waals surface area contributed by atoms with E-state index < -0.39 is 0 Å². The molecule has 1 N–H and O–H groups in total. The molecule has 0 bridgehead atoms. The van der Waals surface area contributed by atoms with E-state index in [-0.39, 0.29) is 0 Å². The van der Waals surface area contributed by atoms with E-state index in [4.69, 9.17) is 6.42 Å². The summed E-state index contributed by atoms with van der Waals surface area (Å²) in [5.74, 6) is 2.66. The van der Waals surface area contributed by atoms with Crippen LogP contribution in [0.4, 0.5) is 0 Å². The van der Waals surface area contributed by atoms with Gasteiger partial charge < -0.3 is 5.32 Å². The molecule has 24 heavy (non-hydrogen) atoms. The van der Waals surface area contributed by atoms with Gasteiger partial charge >= 0.3 is 0 Å². The summed E-state index contributed by atoms with van der Waals surface area (Å²) >= 11 is 0. The van der Waals surface area contributed by atoms with Crippen LogP contribution in [0.2, 0.25) is 0 Å². The topological polar surface area (TPSA) is 28.2 Å². The van der Waals surface area contributed by atoms with Crippen molar-refractivity contribution in [2.24, 2.45) is 0 Å². The standard InChI is InChI=1S/C13H17N.C8H12N2/c1-4-10-14(3)12(2)11-13-8-6-5-7-9-13;1-9-7-5-8-4-2-3-6-10-8/h1,5-9,12H,10-11H2,2-3H3;2-4,6,9H,5,7H2,1H3/t12-;/m1./s1. The average molecular weight is 323 g/mol. The van der Waals surface area contributed by atoms with Crippen LogP contribution in [-0.2, 0) is 12.8 Å². The maximum absolute atomic E-state index is 5.27. The summed E-state index contributed by atoms with van der Waals surface area (Å²) in [6.45, 7) is 3.91. The second kappa shape index (κ2) is 12.3. The Labute approximate surface area is 147 Å². The van der Waals surface area contributed by atoms with Gasteiger partial charge in [-0.3, -0.25) is 9.88 Å². The number of aromatic nitrogens is 1. The Bertz CT molecular complexity index is 575. The lowest BCUT2D eigenvalue weighted by Crippen LogP contribution is -2.31. The predicted molar refractivity (Wildman–Crippen MR) is 103 cm³/mol. The predicted octanol–water partition coefficient (Wildman–Crippen LogP) is 3.03. The largest absolute Gasteiger partial charge is 0.319 e. The molecular weight excluding hydrogens is 294 g/mol. The Balaban J connectivity index is 0.000000254. The molecule has 1 atom stereocenters. The molecule has 3 nitrogen and oxygen atoms in total. The van der Waals surface area contributed by atoms with E-state index in [1.54, 1.807) is 0 Å². The monoisotopic (exact) mass is 323 g/mol. The molecule has 1 aromatic carbocycles. The van der Waals surface area contributed by atoms with Gasteiger partial charge in [-0.2, -0.15) is 0 Å². The van der Waals surface area contributed by atoms with E-state index in [2.05, 4.69) is 59.4 Å². The van der Waals surface area contributed by atoms with Crippen molar-refractivity contribution in [1.29, 1.82) is 0 Å². The first-order valence-corrected chi connectivity index (χ1v) is 8.39. The third kappa shape index (κ3) is 8.47. The number of terminal acetylenes is 1. The van der Waals surface area contributed by atoms with Gasteiger partial charge in [-0.1, -0.05) is 42.3 Å². The van der Waals surface area contributed by atoms with Crippen molar-refractivity contribution in [2.75, 3.05) is 27.2 Å². The fraction of sp³-hybridized carbons (Fsp3) is 0.381. The van der Waals surface area contributed by atoms with Crippen molar-refractivity contribution in [3.63, 3.8) is 0 Å². The fourth-order valence-electron chi connectivity index (χ4n) is 2.21. The van der Waals surface area contributed by atoms with Gasteiger partial charge in [0.15, 0.2) is 0 Å². The number of hydrogen-bond donors (Lipinski definition) is 1. The third-order valence-corrected chi connectivity index (χ3v) is 3.82. The second-order valence-electron chi connectivity index (χ2n) is 5.83. The van der Waals surface area contributed by atoms with Gasteiger partial charge in [0, 0.05) is 30.9 Å². The van der Waals surface area contributed by atoms with Gasteiger partial charge in [0.05, 0.1) is 6.54 Å². The van der Waals surface area contributed by atoms with Crippen LogP contribution < -0.4 is 5.32 Å². The molecule has 0 amide bonds. The van der Waals surface area contributed by atoms with Crippen molar-refractivity contribution in [2.45, 2.75) is 25.8 Å². The Morgan fingerprint density at radius 2 is 1.88 bits per heavy atom. The van der Waals surface area contributed by atoms with Crippen molar-refractivity contribution in [1.82, 2.24) is 15.2 Å². The Kier molecular flexibility index (Phi) is 10.2. The first-order chi connectivity index (χ1) is 11.7. The SMILES string of the molecule is C#CCN(C)[C@H](C)Cc1ccccc1.CNCCc1ccccn1. The number of benzene rings is 1. The third-order valence-electron chi connectivity index (χ3n) is 3.82. The fourth-order valence-corrected chi connectivity index (χ4v) is 2.21. The summed E-state index contributed by atoms with van der Waals surface area (Å²) in [4.78, 5) is 6.36. The highest BCUT2D eigenvalue weighted by molar-refractivity contribution is 5.15. The van der Waals surface area contributed by atoms with Crippen molar-refractivity contribution in [3.8, 4) is 12.3 Å². The summed E-state index contributed by atoms with van der Waals surface area (Å²) < 4.78 is 0. The Morgan fingerprint density at radius 3 is 2.46 bits per heavy atom. The molecule has 0 aliphatic rings. The highest BCUT2D eigenvalue weighted by atomic mass is 15.1. The lowest BCUT2D eigenvalue weighted by atomic mass is 10.1. The summed E-state index contributed by atoms with van der Waals surface area (Å²) in [7, 11) is 4.01. The molecule has 0 saturated carbocycles. The quantitative estimate of drug-likeness (QED) is 0.794. The number of rotatable bonds is 7. The Hall–Kier alpha value is -2.15. The molecule has 3 heteroatoms. The van der Waals surface area contributed by atoms with Crippen LogP contribution in [0.3, 0.4) is 0 Å². The van der Waals surface area contributed by atoms with Crippen LogP contribution in [0.1, 0.15) is 18.2 Å². The zero-order chi connectivity index (χ0) is 17.6. The van der Waals surface area contributed by atoms with Crippen LogP contribution in [0.15, 0.2) is 54.7 Å². The van der Waals surface area contributed by atoms with Crippen LogP contribution in [-0.4, -0.2) is 43.1 Å². The Morgan fingerprint density at radius 1 is 1.17 bits per heavy atom. The summed E-state index contributed by atoms with van der Waals surface area (Å²) in [5, 5.41) is 3.08. The minimum Gasteiger partial charge on any atom is -0.319 e. The van der Waals surface area contributed by atoms with Gasteiger partial charge in [-0.25, -0.2) is 0 Å². The number of pyridine rings is 1. The molecule has 2 aromatic rings. The van der Waals surface area contributed by atoms with Crippen LogP contribution in [0.25, 0.3) is 0 Å². The number of nitrogens with one attached hydrogen (secondary N) is 1. The van der Waals surface area contributed by atoms with Gasteiger partial charge in [-0.05, 0) is 45.1 Å². The van der Waals surface area contributed by atoms with E-state index in [1.807, 2.05) is 37.5 Å². The normalized spacial score (nSPS) is 11.3. The molecule has 1 heterocycles. The zero-order valence-corrected chi connectivity index (χ0v) is 15.1. The van der Waals surface area contributed by atoms with Crippen LogP contribution in [0.5, 0.6) is 0 Å². The van der Waals surface area contributed by atoms with E-state index >= 15 is 0 Å². The maximum Gasteiger partial charge on any atom is 0.0598 e. The lowest BCUT2D eigenvalue weighted by molar-refractivity contribution is 0.287. The molecule has 1 aromatic heterocycles. The number of nitrogens with zero attached hydrogens (tertiary/aromatic N) is 2. The van der Waals surface area contributed by atoms with Gasteiger partial charge in [0.2, 0.25) is 0 Å². The highest BCUT2D eigenvalue weighted by Crippen LogP contribution is 2.06. The van der Waals surface area contributed by atoms with Crippen LogP contribution in [0, 0.1) is 12.3 Å². The van der Waals surface area contributed by atoms with Gasteiger partial charge in [0.25, 0.3) is 0 Å². The molecule has 0 aliphatic heterocycles. The van der Waals surface area contributed by atoms with E-state index in [9.17, 15) is 0 Å². The average Bonchev–Trinajstić information content (AvgIpc) is 2.62. The molecule has 2 rings (SSSR count). The minimum atomic E-state index is 0.494. The maximum atomic E-state index is 5.27. The van der Waals surface area contributed by atoms with Gasteiger partial charge in [0.1, 0.15) is 0 Å². The molecule has 0 radical (unpaired) electrons. The van der Waals surface area contributed by atoms with Crippen molar-refractivity contribution in [3.05, 3.63) is 66.0 Å². The van der Waals surface area contributed by atoms with E-state index in [1.165, 1.54) is 5.56 Å². The lowest BCUT2D eigenvalue weighted by Gasteiger charge is -2.22. The second-order valence-corrected chi connectivity index (χ2v) is 5.83. The number of likely N-dealkylation sites (N-methyl/N-ethyl adjacent to an activating group) is 2. The van der Waals surface area contributed by atoms with Gasteiger partial charge in [-0.15, -0.1) is 6.42 Å². The van der Waals surface area contributed by atoms with Crippen molar-refractivity contribution >= 4 is 0 Å².